The highest BCUT2D eigenvalue weighted by atomic mass is 16.5. The molecule has 4 heteroatoms. The summed E-state index contributed by atoms with van der Waals surface area (Å²) in [4.78, 5) is 24.7. The molecule has 0 aromatic heterocycles. The SMILES string of the molecule is C=C1C(=O)N[C@@H](CCCCC)[C@]1(C)C(=O)OCc1ccccc1. The number of hydrogen-bond acceptors (Lipinski definition) is 3. The highest BCUT2D eigenvalue weighted by Crippen LogP contribution is 2.39. The van der Waals surface area contributed by atoms with Crippen molar-refractivity contribution in [3.63, 3.8) is 0 Å². The minimum Gasteiger partial charge on any atom is -0.460 e. The van der Waals surface area contributed by atoms with Crippen molar-refractivity contribution in [2.24, 2.45) is 5.41 Å². The van der Waals surface area contributed by atoms with Crippen molar-refractivity contribution in [2.75, 3.05) is 0 Å². The van der Waals surface area contributed by atoms with Gasteiger partial charge in [0.15, 0.2) is 0 Å². The fourth-order valence-electron chi connectivity index (χ4n) is 2.93. The van der Waals surface area contributed by atoms with Crippen molar-refractivity contribution >= 4 is 11.9 Å². The minimum absolute atomic E-state index is 0.207. The van der Waals surface area contributed by atoms with E-state index >= 15 is 0 Å². The average molecular weight is 315 g/mol. The monoisotopic (exact) mass is 315 g/mol. The van der Waals surface area contributed by atoms with Gasteiger partial charge in [-0.2, -0.15) is 0 Å². The topological polar surface area (TPSA) is 55.4 Å². The lowest BCUT2D eigenvalue weighted by Gasteiger charge is -2.28. The van der Waals surface area contributed by atoms with Gasteiger partial charge >= 0.3 is 5.97 Å². The van der Waals surface area contributed by atoms with Gasteiger partial charge in [0.25, 0.3) is 0 Å². The lowest BCUT2D eigenvalue weighted by Crippen LogP contribution is -2.42. The first-order valence-electron chi connectivity index (χ1n) is 8.21. The van der Waals surface area contributed by atoms with E-state index in [2.05, 4.69) is 18.8 Å². The molecule has 1 fully saturated rings. The standard InChI is InChI=1S/C19H25NO3/c1-4-5-7-12-16-19(3,14(2)17(21)20-16)18(22)23-13-15-10-8-6-9-11-15/h6,8-11,16H,2,4-5,7,12-13H2,1,3H3,(H,20,21)/t16-,19+/m0/s1. The van der Waals surface area contributed by atoms with E-state index < -0.39 is 5.41 Å². The first-order valence-corrected chi connectivity index (χ1v) is 8.21. The Hall–Kier alpha value is -2.10. The zero-order valence-corrected chi connectivity index (χ0v) is 13.9. The van der Waals surface area contributed by atoms with Crippen LogP contribution < -0.4 is 5.32 Å². The second-order valence-electron chi connectivity index (χ2n) is 6.26. The fraction of sp³-hybridized carbons (Fsp3) is 0.474. The highest BCUT2D eigenvalue weighted by molar-refractivity contribution is 6.04. The molecule has 2 atom stereocenters. The number of nitrogens with one attached hydrogen (secondary N) is 1. The van der Waals surface area contributed by atoms with Crippen LogP contribution in [0.1, 0.15) is 45.1 Å². The summed E-state index contributed by atoms with van der Waals surface area (Å²) in [5.74, 6) is -0.628. The molecule has 0 unspecified atom stereocenters. The van der Waals surface area contributed by atoms with Gasteiger partial charge in [-0.05, 0) is 18.9 Å². The van der Waals surface area contributed by atoms with Crippen molar-refractivity contribution in [1.29, 1.82) is 0 Å². The van der Waals surface area contributed by atoms with Gasteiger partial charge in [0.2, 0.25) is 5.91 Å². The van der Waals surface area contributed by atoms with Crippen molar-refractivity contribution in [3.8, 4) is 0 Å². The molecule has 124 valence electrons. The van der Waals surface area contributed by atoms with Crippen LogP contribution in [0.25, 0.3) is 0 Å². The van der Waals surface area contributed by atoms with Gasteiger partial charge in [0, 0.05) is 11.6 Å². The number of amides is 1. The quantitative estimate of drug-likeness (QED) is 0.477. The first kappa shape index (κ1) is 17.3. The Labute approximate surface area is 137 Å². The molecule has 1 amide bonds. The van der Waals surface area contributed by atoms with E-state index in [1.54, 1.807) is 6.92 Å². The molecule has 1 N–H and O–H groups in total. The van der Waals surface area contributed by atoms with Gasteiger partial charge in [0.1, 0.15) is 12.0 Å². The van der Waals surface area contributed by atoms with Crippen LogP contribution in [-0.2, 0) is 20.9 Å². The largest absolute Gasteiger partial charge is 0.460 e. The van der Waals surface area contributed by atoms with Crippen molar-refractivity contribution in [3.05, 3.63) is 48.0 Å². The zero-order valence-electron chi connectivity index (χ0n) is 13.9. The first-order chi connectivity index (χ1) is 11.0. The average Bonchev–Trinajstić information content (AvgIpc) is 2.79. The Morgan fingerprint density at radius 1 is 1.30 bits per heavy atom. The van der Waals surface area contributed by atoms with Crippen LogP contribution in [0.15, 0.2) is 42.5 Å². The van der Waals surface area contributed by atoms with E-state index in [-0.39, 0.29) is 24.5 Å². The van der Waals surface area contributed by atoms with Crippen LogP contribution in [0, 0.1) is 5.41 Å². The molecular formula is C19H25NO3. The smallest absolute Gasteiger partial charge is 0.318 e. The molecule has 1 heterocycles. The predicted molar refractivity (Wildman–Crippen MR) is 89.6 cm³/mol. The van der Waals surface area contributed by atoms with E-state index in [4.69, 9.17) is 4.74 Å². The number of benzene rings is 1. The fourth-order valence-corrected chi connectivity index (χ4v) is 2.93. The van der Waals surface area contributed by atoms with Crippen LogP contribution in [0.2, 0.25) is 0 Å². The summed E-state index contributed by atoms with van der Waals surface area (Å²) in [5.41, 5.74) is 0.242. The summed E-state index contributed by atoms with van der Waals surface area (Å²) in [6.45, 7) is 7.92. The zero-order chi connectivity index (χ0) is 16.9. The van der Waals surface area contributed by atoms with Crippen molar-refractivity contribution in [1.82, 2.24) is 5.32 Å². The third-order valence-electron chi connectivity index (χ3n) is 4.64. The second-order valence-corrected chi connectivity index (χ2v) is 6.26. The van der Waals surface area contributed by atoms with Crippen LogP contribution in [0.4, 0.5) is 0 Å². The van der Waals surface area contributed by atoms with Crippen LogP contribution in [-0.4, -0.2) is 17.9 Å². The Balaban J connectivity index is 2.06. The molecule has 1 aliphatic heterocycles. The van der Waals surface area contributed by atoms with Crippen molar-refractivity contribution in [2.45, 2.75) is 52.2 Å². The lowest BCUT2D eigenvalue weighted by atomic mass is 9.77. The Bertz CT molecular complexity index is 582. The summed E-state index contributed by atoms with van der Waals surface area (Å²) in [6, 6.07) is 9.29. The Morgan fingerprint density at radius 3 is 2.65 bits per heavy atom. The number of esters is 1. The third-order valence-corrected chi connectivity index (χ3v) is 4.64. The maximum absolute atomic E-state index is 12.7. The molecule has 1 aromatic rings. The van der Waals surface area contributed by atoms with Gasteiger partial charge in [-0.25, -0.2) is 0 Å². The predicted octanol–water partition coefficient (Wildman–Crippen LogP) is 3.37. The van der Waals surface area contributed by atoms with Gasteiger partial charge in [-0.1, -0.05) is 63.1 Å². The van der Waals surface area contributed by atoms with Crippen molar-refractivity contribution < 1.29 is 14.3 Å². The summed E-state index contributed by atoms with van der Waals surface area (Å²) < 4.78 is 5.48. The number of ether oxygens (including phenoxy) is 1. The molecule has 0 radical (unpaired) electrons. The van der Waals surface area contributed by atoms with Crippen LogP contribution in [0.3, 0.4) is 0 Å². The summed E-state index contributed by atoms with van der Waals surface area (Å²) in [5, 5.41) is 2.89. The number of hydrogen-bond donors (Lipinski definition) is 1. The number of carbonyl (C=O) groups excluding carboxylic acids is 2. The van der Waals surface area contributed by atoms with E-state index in [1.165, 1.54) is 0 Å². The molecule has 0 aliphatic carbocycles. The van der Waals surface area contributed by atoms with E-state index in [1.807, 2.05) is 30.3 Å². The highest BCUT2D eigenvalue weighted by Gasteiger charge is 2.52. The van der Waals surface area contributed by atoms with E-state index in [0.717, 1.165) is 31.2 Å². The van der Waals surface area contributed by atoms with Crippen LogP contribution >= 0.6 is 0 Å². The maximum Gasteiger partial charge on any atom is 0.318 e. The van der Waals surface area contributed by atoms with E-state index in [0.29, 0.717) is 5.57 Å². The third kappa shape index (κ3) is 3.63. The molecule has 2 rings (SSSR count). The molecule has 1 aromatic carbocycles. The summed E-state index contributed by atoms with van der Waals surface area (Å²) in [7, 11) is 0. The molecule has 0 saturated carbocycles. The summed E-state index contributed by atoms with van der Waals surface area (Å²) >= 11 is 0. The molecule has 4 nitrogen and oxygen atoms in total. The van der Waals surface area contributed by atoms with Gasteiger partial charge in [-0.15, -0.1) is 0 Å². The maximum atomic E-state index is 12.7. The van der Waals surface area contributed by atoms with Gasteiger partial charge < -0.3 is 10.1 Å². The Kier molecular flexibility index (Phi) is 5.59. The molecule has 0 spiro atoms. The normalized spacial score (nSPS) is 23.7. The molecular weight excluding hydrogens is 290 g/mol. The lowest BCUT2D eigenvalue weighted by molar-refractivity contribution is -0.154. The second kappa shape index (κ2) is 7.44. The van der Waals surface area contributed by atoms with Crippen LogP contribution in [0.5, 0.6) is 0 Å². The number of rotatable bonds is 7. The van der Waals surface area contributed by atoms with Gasteiger partial charge in [0.05, 0.1) is 0 Å². The minimum atomic E-state index is -0.987. The summed E-state index contributed by atoms with van der Waals surface area (Å²) in [6.07, 6.45) is 3.90. The molecule has 1 aliphatic rings. The molecule has 1 saturated heterocycles. The Morgan fingerprint density at radius 2 is 2.00 bits per heavy atom. The molecule has 23 heavy (non-hydrogen) atoms. The number of unbranched alkanes of at least 4 members (excludes halogenated alkanes) is 2. The van der Waals surface area contributed by atoms with E-state index in [9.17, 15) is 9.59 Å². The van der Waals surface area contributed by atoms with Gasteiger partial charge in [-0.3, -0.25) is 9.59 Å². The number of carbonyl (C=O) groups is 2. The molecule has 0 bridgehead atoms.